The molecule has 0 aliphatic heterocycles. The lowest BCUT2D eigenvalue weighted by Gasteiger charge is -2.33. The fourth-order valence-electron chi connectivity index (χ4n) is 1.31. The van der Waals surface area contributed by atoms with Crippen LogP contribution in [0.25, 0.3) is 0 Å². The molecule has 13 heavy (non-hydrogen) atoms. The van der Waals surface area contributed by atoms with Crippen molar-refractivity contribution >= 4 is 5.91 Å². The molecular weight excluding hydrogens is 168 g/mol. The lowest BCUT2D eigenvalue weighted by atomic mass is 9.89. The van der Waals surface area contributed by atoms with Crippen molar-refractivity contribution in [2.75, 3.05) is 0 Å². The molecule has 0 spiro atoms. The molecule has 1 fully saturated rings. The largest absolute Gasteiger partial charge is 0.393 e. The van der Waals surface area contributed by atoms with Gasteiger partial charge in [0.1, 0.15) is 0 Å². The smallest absolute Gasteiger partial charge is 0.237 e. The van der Waals surface area contributed by atoms with Crippen LogP contribution >= 0.6 is 0 Å². The number of hydrogen-bond acceptors (Lipinski definition) is 3. The van der Waals surface area contributed by atoms with Gasteiger partial charge in [0.15, 0.2) is 0 Å². The van der Waals surface area contributed by atoms with E-state index < -0.39 is 6.04 Å². The molecule has 0 bridgehead atoms. The van der Waals surface area contributed by atoms with Crippen LogP contribution in [0.2, 0.25) is 0 Å². The van der Waals surface area contributed by atoms with Gasteiger partial charge in [0, 0.05) is 6.04 Å². The van der Waals surface area contributed by atoms with E-state index in [2.05, 4.69) is 5.32 Å². The molecule has 1 rings (SSSR count). The van der Waals surface area contributed by atoms with Gasteiger partial charge < -0.3 is 16.2 Å². The Morgan fingerprint density at radius 3 is 2.46 bits per heavy atom. The number of nitrogens with one attached hydrogen (secondary N) is 1. The molecule has 4 N–H and O–H groups in total. The number of aliphatic hydroxyl groups is 1. The quantitative estimate of drug-likeness (QED) is 0.562. The van der Waals surface area contributed by atoms with E-state index in [0.717, 1.165) is 0 Å². The minimum Gasteiger partial charge on any atom is -0.393 e. The summed E-state index contributed by atoms with van der Waals surface area (Å²) < 4.78 is 0. The van der Waals surface area contributed by atoms with Crippen molar-refractivity contribution < 1.29 is 9.90 Å². The summed E-state index contributed by atoms with van der Waals surface area (Å²) in [6.45, 7) is 3.83. The molecule has 0 aromatic carbocycles. The average molecular weight is 186 g/mol. The van der Waals surface area contributed by atoms with Crippen molar-refractivity contribution in [3.63, 3.8) is 0 Å². The second-order valence-electron chi connectivity index (χ2n) is 4.10. The molecule has 0 heterocycles. The zero-order valence-corrected chi connectivity index (χ0v) is 8.16. The fraction of sp³-hybridized carbons (Fsp3) is 0.889. The Kier molecular flexibility index (Phi) is 3.27. The van der Waals surface area contributed by atoms with Gasteiger partial charge in [0.25, 0.3) is 0 Å². The molecule has 4 heteroatoms. The van der Waals surface area contributed by atoms with E-state index in [1.807, 2.05) is 13.8 Å². The summed E-state index contributed by atoms with van der Waals surface area (Å²) in [6, 6.07) is -0.301. The van der Waals surface area contributed by atoms with E-state index in [9.17, 15) is 4.79 Å². The van der Waals surface area contributed by atoms with E-state index in [1.54, 1.807) is 0 Å². The van der Waals surface area contributed by atoms with Gasteiger partial charge in [0.05, 0.1) is 12.1 Å². The first-order chi connectivity index (χ1) is 6.00. The Balaban J connectivity index is 2.25. The Labute approximate surface area is 78.5 Å². The molecule has 0 radical (unpaired) electrons. The van der Waals surface area contributed by atoms with Crippen LogP contribution in [0.4, 0.5) is 0 Å². The maximum Gasteiger partial charge on any atom is 0.237 e. The highest BCUT2D eigenvalue weighted by Gasteiger charge is 2.30. The van der Waals surface area contributed by atoms with Crippen LogP contribution in [0.5, 0.6) is 0 Å². The summed E-state index contributed by atoms with van der Waals surface area (Å²) in [5, 5.41) is 11.8. The van der Waals surface area contributed by atoms with Crippen LogP contribution in [-0.4, -0.2) is 29.2 Å². The van der Waals surface area contributed by atoms with Crippen molar-refractivity contribution in [2.45, 2.75) is 44.9 Å². The molecule has 0 aromatic heterocycles. The van der Waals surface area contributed by atoms with Crippen LogP contribution in [0.1, 0.15) is 26.7 Å². The van der Waals surface area contributed by atoms with Gasteiger partial charge in [-0.05, 0) is 18.8 Å². The summed E-state index contributed by atoms with van der Waals surface area (Å²) in [4.78, 5) is 11.4. The SMILES string of the molecule is CC(C)[C@H](N)C(=O)NC1CC(O)C1. The van der Waals surface area contributed by atoms with Crippen molar-refractivity contribution in [1.82, 2.24) is 5.32 Å². The predicted molar refractivity (Wildman–Crippen MR) is 50.0 cm³/mol. The maximum atomic E-state index is 11.4. The van der Waals surface area contributed by atoms with Gasteiger partial charge in [0.2, 0.25) is 5.91 Å². The molecule has 76 valence electrons. The zero-order chi connectivity index (χ0) is 10.0. The van der Waals surface area contributed by atoms with E-state index >= 15 is 0 Å². The highest BCUT2D eigenvalue weighted by atomic mass is 16.3. The highest BCUT2D eigenvalue weighted by Crippen LogP contribution is 2.19. The number of nitrogens with two attached hydrogens (primary N) is 1. The van der Waals surface area contributed by atoms with Crippen LogP contribution in [0, 0.1) is 5.92 Å². The predicted octanol–water partition coefficient (Wildman–Crippen LogP) is -0.391. The number of carbonyl (C=O) groups is 1. The van der Waals surface area contributed by atoms with Crippen molar-refractivity contribution in [2.24, 2.45) is 11.7 Å². The van der Waals surface area contributed by atoms with Crippen LogP contribution in [-0.2, 0) is 4.79 Å². The van der Waals surface area contributed by atoms with E-state index in [1.165, 1.54) is 0 Å². The number of amides is 1. The Hall–Kier alpha value is -0.610. The van der Waals surface area contributed by atoms with Crippen molar-refractivity contribution in [1.29, 1.82) is 0 Å². The van der Waals surface area contributed by atoms with Crippen molar-refractivity contribution in [3.8, 4) is 0 Å². The van der Waals surface area contributed by atoms with E-state index in [0.29, 0.717) is 12.8 Å². The standard InChI is InChI=1S/C9H18N2O2/c1-5(2)8(10)9(13)11-6-3-7(12)4-6/h5-8,12H,3-4,10H2,1-2H3,(H,11,13)/t6?,7?,8-/m0/s1. The Bertz CT molecular complexity index is 188. The Morgan fingerprint density at radius 1 is 1.54 bits per heavy atom. The third kappa shape index (κ3) is 2.67. The van der Waals surface area contributed by atoms with E-state index in [-0.39, 0.29) is 24.0 Å². The monoisotopic (exact) mass is 186 g/mol. The average Bonchev–Trinajstić information content (AvgIpc) is 2.00. The topological polar surface area (TPSA) is 75.4 Å². The third-order valence-corrected chi connectivity index (χ3v) is 2.48. The summed E-state index contributed by atoms with van der Waals surface area (Å²) in [5.41, 5.74) is 5.65. The molecule has 1 saturated carbocycles. The van der Waals surface area contributed by atoms with Crippen molar-refractivity contribution in [3.05, 3.63) is 0 Å². The van der Waals surface area contributed by atoms with E-state index in [4.69, 9.17) is 10.8 Å². The van der Waals surface area contributed by atoms with Gasteiger partial charge >= 0.3 is 0 Å². The minimum absolute atomic E-state index is 0.105. The van der Waals surface area contributed by atoms with Gasteiger partial charge in [-0.25, -0.2) is 0 Å². The second kappa shape index (κ2) is 4.07. The van der Waals surface area contributed by atoms with Gasteiger partial charge in [-0.3, -0.25) is 4.79 Å². The summed E-state index contributed by atoms with van der Waals surface area (Å²) in [7, 11) is 0. The molecule has 1 aliphatic carbocycles. The first-order valence-electron chi connectivity index (χ1n) is 4.74. The number of hydrogen-bond donors (Lipinski definition) is 3. The first kappa shape index (κ1) is 10.5. The normalized spacial score (nSPS) is 29.6. The lowest BCUT2D eigenvalue weighted by Crippen LogP contribution is -2.53. The molecule has 0 aromatic rings. The summed E-state index contributed by atoms with van der Waals surface area (Å²) in [6.07, 6.45) is 1.09. The first-order valence-corrected chi connectivity index (χ1v) is 4.74. The van der Waals surface area contributed by atoms with Gasteiger partial charge in [-0.2, -0.15) is 0 Å². The number of rotatable bonds is 3. The minimum atomic E-state index is -0.433. The second-order valence-corrected chi connectivity index (χ2v) is 4.10. The molecule has 1 amide bonds. The van der Waals surface area contributed by atoms with Crippen LogP contribution < -0.4 is 11.1 Å². The molecule has 0 saturated heterocycles. The molecule has 0 unspecified atom stereocenters. The lowest BCUT2D eigenvalue weighted by molar-refractivity contribution is -0.125. The molecule has 1 aliphatic rings. The summed E-state index contributed by atoms with van der Waals surface area (Å²) >= 11 is 0. The molecule has 1 atom stereocenters. The fourth-order valence-corrected chi connectivity index (χ4v) is 1.31. The third-order valence-electron chi connectivity index (χ3n) is 2.48. The van der Waals surface area contributed by atoms with Crippen LogP contribution in [0.15, 0.2) is 0 Å². The molecule has 4 nitrogen and oxygen atoms in total. The number of carbonyl (C=O) groups excluding carboxylic acids is 1. The molecular formula is C9H18N2O2. The van der Waals surface area contributed by atoms with Gasteiger partial charge in [-0.15, -0.1) is 0 Å². The van der Waals surface area contributed by atoms with Crippen LogP contribution in [0.3, 0.4) is 0 Å². The zero-order valence-electron chi connectivity index (χ0n) is 8.16. The number of aliphatic hydroxyl groups excluding tert-OH is 1. The highest BCUT2D eigenvalue weighted by molar-refractivity contribution is 5.82. The Morgan fingerprint density at radius 2 is 2.08 bits per heavy atom. The van der Waals surface area contributed by atoms with Gasteiger partial charge in [-0.1, -0.05) is 13.8 Å². The maximum absolute atomic E-state index is 11.4. The summed E-state index contributed by atoms with van der Waals surface area (Å²) in [5.74, 6) is 0.0527.